The number of nitrogens with two attached hydrogens (primary N) is 1. The lowest BCUT2D eigenvalue weighted by Gasteiger charge is -2.19. The van der Waals surface area contributed by atoms with Gasteiger partial charge in [-0.2, -0.15) is 5.10 Å². The molecule has 2 aromatic carbocycles. The van der Waals surface area contributed by atoms with Crippen molar-refractivity contribution in [1.29, 1.82) is 0 Å². The largest absolute Gasteiger partial charge is 0.484 e. The van der Waals surface area contributed by atoms with Gasteiger partial charge in [-0.3, -0.25) is 9.52 Å². The highest BCUT2D eigenvalue weighted by atomic mass is 32.2. The number of carboxylic acid groups (broad SMARTS) is 1. The molecule has 13 nitrogen and oxygen atoms in total. The first kappa shape index (κ1) is 36.0. The quantitative estimate of drug-likeness (QED) is 0.0818. The Hall–Kier alpha value is -4.80. The topological polar surface area (TPSA) is 188 Å². The molecule has 0 radical (unpaired) electrons. The number of carbonyl (C=O) groups is 2. The van der Waals surface area contributed by atoms with E-state index >= 15 is 0 Å². The van der Waals surface area contributed by atoms with Gasteiger partial charge in [0.2, 0.25) is 10.0 Å². The van der Waals surface area contributed by atoms with Crippen molar-refractivity contribution in [3.63, 3.8) is 0 Å². The summed E-state index contributed by atoms with van der Waals surface area (Å²) in [6.45, 7) is 10.3. The van der Waals surface area contributed by atoms with Gasteiger partial charge in [0, 0.05) is 26.4 Å². The number of pyridine rings is 1. The number of rotatable bonds is 16. The van der Waals surface area contributed by atoms with Crippen LogP contribution in [0.25, 0.3) is 11.3 Å². The Balaban J connectivity index is 1.81. The van der Waals surface area contributed by atoms with Crippen LogP contribution in [0.5, 0.6) is 5.75 Å². The average molecular weight is 699 g/mol. The number of halogens is 1. The first-order chi connectivity index (χ1) is 22.6. The number of nitrogens with zero attached hydrogens (tertiary/aromatic N) is 3. The molecule has 0 aliphatic carbocycles. The van der Waals surface area contributed by atoms with Gasteiger partial charge in [-0.1, -0.05) is 37.8 Å². The lowest BCUT2D eigenvalue weighted by molar-refractivity contribution is 0.0696. The van der Waals surface area contributed by atoms with Crippen molar-refractivity contribution in [3.8, 4) is 17.0 Å². The van der Waals surface area contributed by atoms with Gasteiger partial charge in [-0.05, 0) is 61.9 Å². The van der Waals surface area contributed by atoms with Crippen LogP contribution in [0.15, 0.2) is 60.8 Å². The molecule has 48 heavy (non-hydrogen) atoms. The highest BCUT2D eigenvalue weighted by Crippen LogP contribution is 2.37. The Kier molecular flexibility index (Phi) is 11.2. The van der Waals surface area contributed by atoms with Gasteiger partial charge in [-0.15, -0.1) is 0 Å². The third-order valence-electron chi connectivity index (χ3n) is 7.21. The summed E-state index contributed by atoms with van der Waals surface area (Å²) in [6.07, 6.45) is 0.540. The number of hydrogen-bond donors (Lipinski definition) is 4. The molecular formula is C32H39FN6O7SSi. The van der Waals surface area contributed by atoms with Crippen molar-refractivity contribution in [2.75, 3.05) is 22.4 Å². The molecule has 0 fully saturated rings. The number of primary amides is 1. The maximum Gasteiger partial charge on any atom is 0.337 e. The van der Waals surface area contributed by atoms with Gasteiger partial charge in [0.1, 0.15) is 47.3 Å². The SMILES string of the molecule is CCS(=O)(=O)Nc1ccc(-c2nn(COCC[Si](C)(C)C)c(Nc3ccc(C(=O)O)cn3)c2C(N)=O)cc1O[C@@H](C)c1ccc(F)cc1. The van der Waals surface area contributed by atoms with Gasteiger partial charge in [-0.25, -0.2) is 27.3 Å². The minimum Gasteiger partial charge on any atom is -0.484 e. The maximum atomic E-state index is 13.6. The molecule has 1 amide bonds. The van der Waals surface area contributed by atoms with Crippen molar-refractivity contribution >= 4 is 47.3 Å². The van der Waals surface area contributed by atoms with E-state index in [-0.39, 0.29) is 52.4 Å². The van der Waals surface area contributed by atoms with E-state index in [4.69, 9.17) is 15.2 Å². The van der Waals surface area contributed by atoms with Crippen LogP contribution in [0.2, 0.25) is 25.7 Å². The Labute approximate surface area is 279 Å². The zero-order valence-electron chi connectivity index (χ0n) is 27.3. The predicted molar refractivity (Wildman–Crippen MR) is 183 cm³/mol. The van der Waals surface area contributed by atoms with Crippen molar-refractivity contribution < 1.29 is 37.0 Å². The Morgan fingerprint density at radius 3 is 2.40 bits per heavy atom. The van der Waals surface area contributed by atoms with Crippen LogP contribution in [-0.2, 0) is 21.5 Å². The van der Waals surface area contributed by atoms with Crippen molar-refractivity contribution in [2.24, 2.45) is 5.73 Å². The zero-order chi connectivity index (χ0) is 35.2. The number of aromatic carboxylic acids is 1. The van der Waals surface area contributed by atoms with Crippen LogP contribution < -0.4 is 20.5 Å². The molecule has 0 bridgehead atoms. The molecule has 4 aromatic rings. The number of sulfonamides is 1. The lowest BCUT2D eigenvalue weighted by Crippen LogP contribution is -2.22. The maximum absolute atomic E-state index is 13.6. The molecule has 2 heterocycles. The number of aromatic nitrogens is 3. The molecule has 2 aromatic heterocycles. The summed E-state index contributed by atoms with van der Waals surface area (Å²) < 4.78 is 54.7. The predicted octanol–water partition coefficient (Wildman–Crippen LogP) is 5.84. The minimum absolute atomic E-state index is 0.0210. The first-order valence-corrected chi connectivity index (χ1v) is 20.4. The molecule has 5 N–H and O–H groups in total. The average Bonchev–Trinajstić information content (AvgIpc) is 3.38. The van der Waals surface area contributed by atoms with E-state index in [1.807, 2.05) is 0 Å². The summed E-state index contributed by atoms with van der Waals surface area (Å²) >= 11 is 0. The van der Waals surface area contributed by atoms with Crippen LogP contribution in [0.4, 0.5) is 21.7 Å². The molecular weight excluding hydrogens is 660 g/mol. The van der Waals surface area contributed by atoms with Gasteiger partial charge in [0.05, 0.1) is 17.0 Å². The van der Waals surface area contributed by atoms with Crippen molar-refractivity contribution in [3.05, 3.63) is 83.3 Å². The molecule has 0 spiro atoms. The van der Waals surface area contributed by atoms with Gasteiger partial charge >= 0.3 is 5.97 Å². The Bertz CT molecular complexity index is 1880. The van der Waals surface area contributed by atoms with Crippen molar-refractivity contribution in [1.82, 2.24) is 14.8 Å². The van der Waals surface area contributed by atoms with Crippen molar-refractivity contribution in [2.45, 2.75) is 52.4 Å². The van der Waals surface area contributed by atoms with E-state index < -0.39 is 41.9 Å². The second-order valence-electron chi connectivity index (χ2n) is 12.2. The summed E-state index contributed by atoms with van der Waals surface area (Å²) in [5, 5.41) is 17.0. The molecule has 0 saturated carbocycles. The lowest BCUT2D eigenvalue weighted by atomic mass is 10.1. The van der Waals surface area contributed by atoms with E-state index in [2.05, 4.69) is 39.8 Å². The smallest absolute Gasteiger partial charge is 0.337 e. The Morgan fingerprint density at radius 2 is 1.81 bits per heavy atom. The third-order valence-corrected chi connectivity index (χ3v) is 10.2. The molecule has 0 aliphatic heterocycles. The second-order valence-corrected chi connectivity index (χ2v) is 19.8. The van der Waals surface area contributed by atoms with Gasteiger partial charge in [0.25, 0.3) is 5.91 Å². The van der Waals surface area contributed by atoms with Crippen LogP contribution in [-0.4, -0.2) is 60.6 Å². The fraction of sp³-hybridized carbons (Fsp3) is 0.312. The van der Waals surface area contributed by atoms with Gasteiger partial charge in [0.15, 0.2) is 0 Å². The summed E-state index contributed by atoms with van der Waals surface area (Å²) in [6, 6.07) is 14.0. The van der Waals surface area contributed by atoms with E-state index in [1.165, 1.54) is 54.2 Å². The minimum atomic E-state index is -3.71. The first-order valence-electron chi connectivity index (χ1n) is 15.1. The molecule has 1 atom stereocenters. The molecule has 0 aliphatic rings. The highest BCUT2D eigenvalue weighted by molar-refractivity contribution is 7.92. The summed E-state index contributed by atoms with van der Waals surface area (Å²) in [4.78, 5) is 28.5. The fourth-order valence-corrected chi connectivity index (χ4v) is 5.85. The van der Waals surface area contributed by atoms with Gasteiger partial charge < -0.3 is 25.6 Å². The molecule has 256 valence electrons. The van der Waals surface area contributed by atoms with Crippen LogP contribution in [0, 0.1) is 5.82 Å². The molecule has 0 unspecified atom stereocenters. The number of anilines is 3. The van der Waals surface area contributed by atoms with E-state index in [1.54, 1.807) is 25.1 Å². The van der Waals surface area contributed by atoms with Crippen LogP contribution >= 0.6 is 0 Å². The number of carbonyl (C=O) groups excluding carboxylic acids is 1. The van der Waals surface area contributed by atoms with E-state index in [0.29, 0.717) is 17.7 Å². The summed E-state index contributed by atoms with van der Waals surface area (Å²) in [7, 11) is -5.13. The third kappa shape index (κ3) is 9.39. The Morgan fingerprint density at radius 1 is 1.10 bits per heavy atom. The van der Waals surface area contributed by atoms with E-state index in [0.717, 1.165) is 6.04 Å². The fourth-order valence-electron chi connectivity index (χ4n) is 4.45. The monoisotopic (exact) mass is 698 g/mol. The number of nitrogens with one attached hydrogen (secondary N) is 2. The second kappa shape index (κ2) is 15.0. The van der Waals surface area contributed by atoms with Crippen LogP contribution in [0.3, 0.4) is 0 Å². The summed E-state index contributed by atoms with van der Waals surface area (Å²) in [5.74, 6) is -2.09. The zero-order valence-corrected chi connectivity index (χ0v) is 29.1. The number of ether oxygens (including phenoxy) is 2. The molecule has 4 rings (SSSR count). The normalized spacial score (nSPS) is 12.4. The molecule has 16 heteroatoms. The van der Waals surface area contributed by atoms with Crippen LogP contribution in [0.1, 0.15) is 46.2 Å². The standard InChI is InChI=1S/C32H39FN6O7SSi/c1-6-47(43,44)38-25-13-9-22(17-26(25)46-20(2)21-7-11-24(33)12-8-21)29-28(30(34)40)31(36-27-14-10-23(18-35-27)32(41)42)39(37-29)19-45-15-16-48(3,4)5/h7-14,17-18,20,38H,6,15-16,19H2,1-5H3,(H2,34,40)(H,35,36)(H,41,42)/t20-/m0/s1. The van der Waals surface area contributed by atoms with E-state index in [9.17, 15) is 27.5 Å². The number of carboxylic acids is 1. The number of hydrogen-bond acceptors (Lipinski definition) is 9. The molecule has 0 saturated heterocycles. The summed E-state index contributed by atoms with van der Waals surface area (Å²) in [5.41, 5.74) is 7.15. The number of benzene rings is 2. The highest BCUT2D eigenvalue weighted by Gasteiger charge is 2.26. The number of amides is 1.